The summed E-state index contributed by atoms with van der Waals surface area (Å²) in [6.45, 7) is 1.47. The molecule has 0 bridgehead atoms. The highest BCUT2D eigenvalue weighted by Gasteiger charge is 2.29. The van der Waals surface area contributed by atoms with E-state index in [1.54, 1.807) is 54.6 Å². The highest BCUT2D eigenvalue weighted by Crippen LogP contribution is 2.27. The molecular weight excluding hydrogens is 490 g/mol. The number of rotatable bonds is 9. The smallest absolute Gasteiger partial charge is 0.247 e. The van der Waals surface area contributed by atoms with E-state index in [9.17, 15) is 21.6 Å². The Kier molecular flexibility index (Phi) is 7.71. The van der Waals surface area contributed by atoms with Crippen LogP contribution in [0.3, 0.4) is 0 Å². The molecule has 3 rings (SSSR count). The Morgan fingerprint density at radius 2 is 1.40 bits per heavy atom. The molecule has 1 amide bonds. The summed E-state index contributed by atoms with van der Waals surface area (Å²) >= 11 is 0. The van der Waals surface area contributed by atoms with Crippen LogP contribution in [0.25, 0.3) is 0 Å². The summed E-state index contributed by atoms with van der Waals surface area (Å²) in [5.74, 6) is 0.563. The van der Waals surface area contributed by atoms with Crippen LogP contribution in [0.4, 0.5) is 17.1 Å². The van der Waals surface area contributed by atoms with E-state index < -0.39 is 32.0 Å². The molecule has 11 heteroatoms. The number of para-hydroxylation sites is 1. The second kappa shape index (κ2) is 10.4. The zero-order valence-corrected chi connectivity index (χ0v) is 21.4. The van der Waals surface area contributed by atoms with Crippen molar-refractivity contribution in [1.29, 1.82) is 0 Å². The van der Waals surface area contributed by atoms with Crippen molar-refractivity contribution in [1.82, 2.24) is 0 Å². The molecule has 1 N–H and O–H groups in total. The normalized spacial score (nSPS) is 12.5. The van der Waals surface area contributed by atoms with Gasteiger partial charge >= 0.3 is 0 Å². The van der Waals surface area contributed by atoms with Crippen molar-refractivity contribution in [2.75, 3.05) is 33.5 Å². The lowest BCUT2D eigenvalue weighted by Gasteiger charge is -2.28. The van der Waals surface area contributed by atoms with Gasteiger partial charge in [-0.25, -0.2) is 16.8 Å². The predicted molar refractivity (Wildman–Crippen MR) is 138 cm³/mol. The van der Waals surface area contributed by atoms with E-state index in [2.05, 4.69) is 5.32 Å². The Balaban J connectivity index is 1.81. The van der Waals surface area contributed by atoms with Crippen molar-refractivity contribution in [3.63, 3.8) is 0 Å². The molecule has 0 fully saturated rings. The molecule has 35 heavy (non-hydrogen) atoms. The summed E-state index contributed by atoms with van der Waals surface area (Å²) in [5, 5.41) is 2.66. The van der Waals surface area contributed by atoms with Crippen LogP contribution in [0.15, 0.2) is 78.9 Å². The van der Waals surface area contributed by atoms with E-state index in [1.165, 1.54) is 20.0 Å². The first-order valence-corrected chi connectivity index (χ1v) is 14.2. The van der Waals surface area contributed by atoms with Gasteiger partial charge in [-0.3, -0.25) is 13.4 Å². The molecule has 186 valence electrons. The number of carbonyl (C=O) groups is 1. The molecule has 3 aromatic rings. The molecule has 1 atom stereocenters. The number of nitrogens with one attached hydrogen (secondary N) is 1. The van der Waals surface area contributed by atoms with Gasteiger partial charge in [-0.15, -0.1) is 0 Å². The van der Waals surface area contributed by atoms with Crippen molar-refractivity contribution < 1.29 is 26.4 Å². The molecule has 0 spiro atoms. The fourth-order valence-corrected chi connectivity index (χ4v) is 4.98. The molecule has 0 aromatic heterocycles. The number of benzene rings is 3. The van der Waals surface area contributed by atoms with E-state index in [4.69, 9.17) is 4.74 Å². The third-order valence-corrected chi connectivity index (χ3v) is 7.58. The number of sulfonamides is 2. The van der Waals surface area contributed by atoms with E-state index in [-0.39, 0.29) is 0 Å². The Bertz CT molecular complexity index is 1390. The molecule has 3 aromatic carbocycles. The summed E-state index contributed by atoms with van der Waals surface area (Å²) in [4.78, 5) is 13.0. The van der Waals surface area contributed by atoms with Crippen molar-refractivity contribution in [2.24, 2.45) is 0 Å². The van der Waals surface area contributed by atoms with Crippen molar-refractivity contribution in [3.8, 4) is 11.5 Å². The van der Waals surface area contributed by atoms with Crippen LogP contribution in [0.2, 0.25) is 0 Å². The maximum absolute atomic E-state index is 13.0. The highest BCUT2D eigenvalue weighted by molar-refractivity contribution is 7.92. The molecule has 0 aliphatic carbocycles. The molecular formula is C24H27N3O6S2. The topological polar surface area (TPSA) is 113 Å². The Morgan fingerprint density at radius 1 is 0.800 bits per heavy atom. The zero-order valence-electron chi connectivity index (χ0n) is 19.7. The molecule has 0 aliphatic heterocycles. The van der Waals surface area contributed by atoms with Gasteiger partial charge in [0.1, 0.15) is 17.5 Å². The van der Waals surface area contributed by atoms with E-state index in [0.29, 0.717) is 28.6 Å². The lowest BCUT2D eigenvalue weighted by atomic mass is 10.2. The van der Waals surface area contributed by atoms with Gasteiger partial charge in [-0.1, -0.05) is 24.3 Å². The third-order valence-electron chi connectivity index (χ3n) is 5.13. The van der Waals surface area contributed by atoms with Crippen LogP contribution in [0, 0.1) is 0 Å². The lowest BCUT2D eigenvalue weighted by Crippen LogP contribution is -2.45. The predicted octanol–water partition coefficient (Wildman–Crippen LogP) is 3.67. The first kappa shape index (κ1) is 26.0. The standard InChI is InChI=1S/C24H27N3O6S2/c1-18(24(28)25-19-9-8-10-21(17-19)26(2)34(3,29)30)27(35(4,31)32)20-13-15-23(16-14-20)33-22-11-6-5-7-12-22/h5-18H,1-4H3,(H,25,28)/t18-/m0/s1. The summed E-state index contributed by atoms with van der Waals surface area (Å²) < 4.78 is 56.7. The number of anilines is 3. The third kappa shape index (κ3) is 6.74. The fraction of sp³-hybridized carbons (Fsp3) is 0.208. The minimum absolute atomic E-state index is 0.293. The van der Waals surface area contributed by atoms with Gasteiger partial charge in [0.05, 0.1) is 23.9 Å². The minimum atomic E-state index is -3.82. The van der Waals surface area contributed by atoms with Gasteiger partial charge < -0.3 is 10.1 Å². The molecule has 0 radical (unpaired) electrons. The van der Waals surface area contributed by atoms with Gasteiger partial charge in [-0.2, -0.15) is 0 Å². The van der Waals surface area contributed by atoms with Crippen molar-refractivity contribution in [3.05, 3.63) is 78.9 Å². The number of nitrogens with zero attached hydrogens (tertiary/aromatic N) is 2. The van der Waals surface area contributed by atoms with Crippen molar-refractivity contribution >= 4 is 43.0 Å². The number of carbonyl (C=O) groups excluding carboxylic acids is 1. The van der Waals surface area contributed by atoms with Crippen LogP contribution in [0.1, 0.15) is 6.92 Å². The molecule has 0 saturated heterocycles. The minimum Gasteiger partial charge on any atom is -0.457 e. The molecule has 0 saturated carbocycles. The van der Waals surface area contributed by atoms with Crippen LogP contribution >= 0.6 is 0 Å². The van der Waals surface area contributed by atoms with Gasteiger partial charge in [0.2, 0.25) is 26.0 Å². The average Bonchev–Trinajstić information content (AvgIpc) is 2.79. The van der Waals surface area contributed by atoms with Gasteiger partial charge in [0.15, 0.2) is 0 Å². The van der Waals surface area contributed by atoms with E-state index >= 15 is 0 Å². The molecule has 0 unspecified atom stereocenters. The number of ether oxygens (including phenoxy) is 1. The first-order chi connectivity index (χ1) is 16.4. The number of hydrogen-bond acceptors (Lipinski definition) is 6. The van der Waals surface area contributed by atoms with Crippen LogP contribution in [-0.4, -0.2) is 48.3 Å². The van der Waals surface area contributed by atoms with Crippen LogP contribution < -0.4 is 18.7 Å². The van der Waals surface area contributed by atoms with Gasteiger partial charge in [0.25, 0.3) is 0 Å². The Hall–Kier alpha value is -3.57. The average molecular weight is 518 g/mol. The molecule has 0 aliphatic rings. The molecule has 9 nitrogen and oxygen atoms in total. The van der Waals surface area contributed by atoms with Gasteiger partial charge in [-0.05, 0) is 61.5 Å². The summed E-state index contributed by atoms with van der Waals surface area (Å²) in [6, 6.07) is 20.7. The van der Waals surface area contributed by atoms with E-state index in [0.717, 1.165) is 21.1 Å². The maximum atomic E-state index is 13.0. The second-order valence-corrected chi connectivity index (χ2v) is 11.8. The van der Waals surface area contributed by atoms with Crippen LogP contribution in [0.5, 0.6) is 11.5 Å². The zero-order chi connectivity index (χ0) is 25.8. The van der Waals surface area contributed by atoms with Gasteiger partial charge in [0, 0.05) is 12.7 Å². The summed E-state index contributed by atoms with van der Waals surface area (Å²) in [5.41, 5.74) is 0.975. The van der Waals surface area contributed by atoms with Crippen LogP contribution in [-0.2, 0) is 24.8 Å². The van der Waals surface area contributed by atoms with E-state index in [1.807, 2.05) is 18.2 Å². The fourth-order valence-electron chi connectivity index (χ4n) is 3.31. The quantitative estimate of drug-likeness (QED) is 0.463. The Morgan fingerprint density at radius 3 is 1.97 bits per heavy atom. The monoisotopic (exact) mass is 517 g/mol. The lowest BCUT2D eigenvalue weighted by molar-refractivity contribution is -0.116. The first-order valence-electron chi connectivity index (χ1n) is 10.5. The summed E-state index contributed by atoms with van der Waals surface area (Å²) in [7, 11) is -5.91. The number of amides is 1. The largest absolute Gasteiger partial charge is 0.457 e. The molecule has 0 heterocycles. The Labute approximate surface area is 206 Å². The second-order valence-electron chi connectivity index (χ2n) is 7.91. The van der Waals surface area contributed by atoms with Crippen molar-refractivity contribution in [2.45, 2.75) is 13.0 Å². The number of hydrogen-bond donors (Lipinski definition) is 1. The highest BCUT2D eigenvalue weighted by atomic mass is 32.2. The summed E-state index contributed by atoms with van der Waals surface area (Å²) in [6.07, 6.45) is 2.09. The SMILES string of the molecule is C[C@@H](C(=O)Nc1cccc(N(C)S(C)(=O)=O)c1)N(c1ccc(Oc2ccccc2)cc1)S(C)(=O)=O. The maximum Gasteiger partial charge on any atom is 0.247 e.